The molecule has 0 amide bonds. The summed E-state index contributed by atoms with van der Waals surface area (Å²) in [6.45, 7) is 4.16. The molecule has 0 bridgehead atoms. The second-order valence-corrected chi connectivity index (χ2v) is 5.42. The highest BCUT2D eigenvalue weighted by Crippen LogP contribution is 2.38. The number of benzene rings is 1. The third kappa shape index (κ3) is 2.14. The van der Waals surface area contributed by atoms with Crippen molar-refractivity contribution in [2.75, 3.05) is 13.1 Å². The van der Waals surface area contributed by atoms with E-state index < -0.39 is 0 Å². The fourth-order valence-corrected chi connectivity index (χ4v) is 3.15. The Kier molecular flexibility index (Phi) is 3.06. The zero-order valence-electron chi connectivity index (χ0n) is 10.7. The minimum absolute atomic E-state index is 0.113. The van der Waals surface area contributed by atoms with E-state index in [-0.39, 0.29) is 5.82 Å². The molecule has 1 aliphatic heterocycles. The molecule has 3 rings (SSSR count). The van der Waals surface area contributed by atoms with Gasteiger partial charge in [-0.25, -0.2) is 4.39 Å². The van der Waals surface area contributed by atoms with Gasteiger partial charge in [0, 0.05) is 13.0 Å². The maximum Gasteiger partial charge on any atom is 0.123 e. The van der Waals surface area contributed by atoms with Gasteiger partial charge in [0.05, 0.1) is 12.4 Å². The number of amidine groups is 1. The Bertz CT molecular complexity index is 481. The lowest BCUT2D eigenvalue weighted by atomic mass is 9.74. The molecule has 18 heavy (non-hydrogen) atoms. The van der Waals surface area contributed by atoms with Gasteiger partial charge in [0.2, 0.25) is 0 Å². The van der Waals surface area contributed by atoms with E-state index in [2.05, 4.69) is 17.2 Å². The summed E-state index contributed by atoms with van der Waals surface area (Å²) in [7, 11) is 0. The Morgan fingerprint density at radius 2 is 2.33 bits per heavy atom. The van der Waals surface area contributed by atoms with Gasteiger partial charge in [-0.15, -0.1) is 0 Å². The summed E-state index contributed by atoms with van der Waals surface area (Å²) in [6.07, 6.45) is 3.12. The van der Waals surface area contributed by atoms with Crippen LogP contribution in [0.1, 0.15) is 36.8 Å². The number of fused-ring (bicyclic) bond motifs is 1. The van der Waals surface area contributed by atoms with Gasteiger partial charge < -0.3 is 5.32 Å². The van der Waals surface area contributed by atoms with E-state index in [1.807, 2.05) is 6.07 Å². The van der Waals surface area contributed by atoms with Gasteiger partial charge in [-0.2, -0.15) is 0 Å². The Morgan fingerprint density at radius 1 is 1.44 bits per heavy atom. The smallest absolute Gasteiger partial charge is 0.123 e. The average Bonchev–Trinajstić information content (AvgIpc) is 2.86. The van der Waals surface area contributed by atoms with Crippen molar-refractivity contribution in [3.8, 4) is 0 Å². The van der Waals surface area contributed by atoms with E-state index in [4.69, 9.17) is 0 Å². The SMILES string of the molecule is CC1CCc2cc(F)ccc2C1CC1=NCCN1. The highest BCUT2D eigenvalue weighted by Gasteiger charge is 2.28. The van der Waals surface area contributed by atoms with E-state index in [0.29, 0.717) is 11.8 Å². The molecule has 2 unspecified atom stereocenters. The topological polar surface area (TPSA) is 24.4 Å². The normalized spacial score (nSPS) is 26.4. The molecule has 0 aromatic heterocycles. The molecular weight excluding hydrogens is 227 g/mol. The van der Waals surface area contributed by atoms with Crippen molar-refractivity contribution >= 4 is 5.84 Å². The minimum atomic E-state index is -0.113. The van der Waals surface area contributed by atoms with Crippen molar-refractivity contribution in [1.29, 1.82) is 0 Å². The molecule has 0 radical (unpaired) electrons. The first-order valence-electron chi connectivity index (χ1n) is 6.79. The second kappa shape index (κ2) is 4.71. The van der Waals surface area contributed by atoms with Crippen LogP contribution in [0.4, 0.5) is 4.39 Å². The molecule has 96 valence electrons. The van der Waals surface area contributed by atoms with Crippen molar-refractivity contribution in [3.05, 3.63) is 35.1 Å². The second-order valence-electron chi connectivity index (χ2n) is 5.42. The van der Waals surface area contributed by atoms with Crippen molar-refractivity contribution in [2.24, 2.45) is 10.9 Å². The first kappa shape index (κ1) is 11.7. The summed E-state index contributed by atoms with van der Waals surface area (Å²) in [4.78, 5) is 4.49. The number of aryl methyl sites for hydroxylation is 1. The third-order valence-corrected chi connectivity index (χ3v) is 4.22. The predicted molar refractivity (Wildman–Crippen MR) is 71.5 cm³/mol. The molecule has 1 aromatic rings. The number of nitrogens with one attached hydrogen (secondary N) is 1. The number of rotatable bonds is 2. The van der Waals surface area contributed by atoms with Crippen molar-refractivity contribution in [1.82, 2.24) is 5.32 Å². The fourth-order valence-electron chi connectivity index (χ4n) is 3.15. The first-order chi connectivity index (χ1) is 8.74. The molecule has 0 saturated carbocycles. The molecule has 2 aliphatic rings. The first-order valence-corrected chi connectivity index (χ1v) is 6.79. The molecule has 0 saturated heterocycles. The fraction of sp³-hybridized carbons (Fsp3) is 0.533. The maximum atomic E-state index is 13.3. The maximum absolute atomic E-state index is 13.3. The van der Waals surface area contributed by atoms with Crippen LogP contribution in [-0.4, -0.2) is 18.9 Å². The number of nitrogens with zero attached hydrogens (tertiary/aromatic N) is 1. The lowest BCUT2D eigenvalue weighted by Gasteiger charge is -2.31. The van der Waals surface area contributed by atoms with Gasteiger partial charge in [-0.3, -0.25) is 4.99 Å². The summed E-state index contributed by atoms with van der Waals surface area (Å²) in [5.74, 6) is 2.15. The lowest BCUT2D eigenvalue weighted by Crippen LogP contribution is -2.26. The highest BCUT2D eigenvalue weighted by molar-refractivity contribution is 5.84. The molecule has 0 fully saturated rings. The molecule has 1 aromatic carbocycles. The van der Waals surface area contributed by atoms with Gasteiger partial charge in [0.15, 0.2) is 0 Å². The predicted octanol–water partition coefficient (Wildman–Crippen LogP) is 2.88. The van der Waals surface area contributed by atoms with E-state index in [9.17, 15) is 4.39 Å². The third-order valence-electron chi connectivity index (χ3n) is 4.22. The van der Waals surface area contributed by atoms with E-state index in [1.54, 1.807) is 12.1 Å². The summed E-state index contributed by atoms with van der Waals surface area (Å²) in [6, 6.07) is 5.27. The zero-order valence-corrected chi connectivity index (χ0v) is 10.7. The van der Waals surface area contributed by atoms with Gasteiger partial charge in [-0.1, -0.05) is 13.0 Å². The summed E-state index contributed by atoms with van der Waals surface area (Å²) < 4.78 is 13.3. The lowest BCUT2D eigenvalue weighted by molar-refractivity contribution is 0.408. The van der Waals surface area contributed by atoms with Gasteiger partial charge >= 0.3 is 0 Å². The molecule has 0 spiro atoms. The number of aliphatic imine (C=N–C) groups is 1. The summed E-state index contributed by atoms with van der Waals surface area (Å²) in [5, 5.41) is 3.34. The van der Waals surface area contributed by atoms with Crippen LogP contribution in [-0.2, 0) is 6.42 Å². The van der Waals surface area contributed by atoms with Crippen LogP contribution in [0.2, 0.25) is 0 Å². The van der Waals surface area contributed by atoms with Crippen molar-refractivity contribution in [2.45, 2.75) is 32.1 Å². The zero-order chi connectivity index (χ0) is 12.5. The molecule has 1 aliphatic carbocycles. The number of halogens is 1. The molecule has 3 heteroatoms. The summed E-state index contributed by atoms with van der Waals surface area (Å²) in [5.41, 5.74) is 2.52. The monoisotopic (exact) mass is 246 g/mol. The Morgan fingerprint density at radius 3 is 3.11 bits per heavy atom. The minimum Gasteiger partial charge on any atom is -0.372 e. The largest absolute Gasteiger partial charge is 0.372 e. The number of hydrogen-bond donors (Lipinski definition) is 1. The van der Waals surface area contributed by atoms with Crippen LogP contribution in [0, 0.1) is 11.7 Å². The van der Waals surface area contributed by atoms with Crippen LogP contribution >= 0.6 is 0 Å². The van der Waals surface area contributed by atoms with Crippen LogP contribution in [0.15, 0.2) is 23.2 Å². The van der Waals surface area contributed by atoms with Crippen LogP contribution in [0.5, 0.6) is 0 Å². The van der Waals surface area contributed by atoms with Crippen LogP contribution in [0.25, 0.3) is 0 Å². The number of hydrogen-bond acceptors (Lipinski definition) is 2. The van der Waals surface area contributed by atoms with Gasteiger partial charge in [0.1, 0.15) is 5.82 Å². The summed E-state index contributed by atoms with van der Waals surface area (Å²) >= 11 is 0. The Labute approximate surface area is 107 Å². The standard InChI is InChI=1S/C15H19FN2/c1-10-2-3-11-8-12(16)4-5-13(11)14(10)9-15-17-6-7-18-15/h4-5,8,10,14H,2-3,6-7,9H2,1H3,(H,17,18). The molecule has 1 heterocycles. The van der Waals surface area contributed by atoms with Crippen molar-refractivity contribution < 1.29 is 4.39 Å². The quantitative estimate of drug-likeness (QED) is 0.852. The van der Waals surface area contributed by atoms with Crippen molar-refractivity contribution in [3.63, 3.8) is 0 Å². The van der Waals surface area contributed by atoms with E-state index in [1.165, 1.54) is 11.1 Å². The molecule has 1 N–H and O–H groups in total. The Balaban J connectivity index is 1.89. The Hall–Kier alpha value is -1.38. The van der Waals surface area contributed by atoms with Gasteiger partial charge in [-0.05, 0) is 47.9 Å². The molecule has 2 atom stereocenters. The van der Waals surface area contributed by atoms with E-state index in [0.717, 1.165) is 38.2 Å². The average molecular weight is 246 g/mol. The van der Waals surface area contributed by atoms with Gasteiger partial charge in [0.25, 0.3) is 0 Å². The molecular formula is C15H19FN2. The van der Waals surface area contributed by atoms with Crippen LogP contribution in [0.3, 0.4) is 0 Å². The van der Waals surface area contributed by atoms with E-state index >= 15 is 0 Å². The highest BCUT2D eigenvalue weighted by atomic mass is 19.1. The molecule has 2 nitrogen and oxygen atoms in total. The van der Waals surface area contributed by atoms with Crippen LogP contribution < -0.4 is 5.32 Å².